The van der Waals surface area contributed by atoms with Crippen molar-refractivity contribution in [2.75, 3.05) is 0 Å². The third-order valence-electron chi connectivity index (χ3n) is 0. The zero-order valence-corrected chi connectivity index (χ0v) is 15.1. The molecule has 0 aromatic carbocycles. The molecule has 0 bridgehead atoms. The van der Waals surface area contributed by atoms with Crippen LogP contribution >= 0.6 is 16.5 Å². The van der Waals surface area contributed by atoms with Gasteiger partial charge in [0.25, 0.3) is 0 Å². The number of hydrogen-bond acceptors (Lipinski definition) is 8. The van der Waals surface area contributed by atoms with E-state index in [2.05, 4.69) is 0 Å². The van der Waals surface area contributed by atoms with Crippen molar-refractivity contribution in [2.45, 2.75) is 0 Å². The Balaban J connectivity index is -0.0000000371. The normalized spacial score (nSPS) is 7.88. The molecular formula is H6O12P2V2W-2. The minimum atomic E-state index is -6.17. The summed E-state index contributed by atoms with van der Waals surface area (Å²) in [5, 5.41) is 0. The van der Waals surface area contributed by atoms with E-state index >= 15 is 0 Å². The summed E-state index contributed by atoms with van der Waals surface area (Å²) in [7, 11) is -6.26. The molecule has 0 aliphatic rings. The van der Waals surface area contributed by atoms with Crippen molar-refractivity contribution >= 4 is 16.5 Å². The summed E-state index contributed by atoms with van der Waals surface area (Å²) in [5.41, 5.74) is 0. The summed E-state index contributed by atoms with van der Waals surface area (Å²) in [6, 6.07) is 0. The zero-order valence-electron chi connectivity index (χ0n) is 7.36. The van der Waals surface area contributed by atoms with Crippen LogP contribution in [0.5, 0.6) is 0 Å². The molecule has 0 aromatic rings. The van der Waals surface area contributed by atoms with Crippen LogP contribution in [0.25, 0.3) is 0 Å². The second kappa shape index (κ2) is 26.0. The second-order valence-electron chi connectivity index (χ2n) is 0.973. The first kappa shape index (κ1) is 30.9. The van der Waals surface area contributed by atoms with E-state index in [-0.39, 0.29) is 0 Å². The third kappa shape index (κ3) is 2470. The van der Waals surface area contributed by atoms with E-state index in [1.807, 2.05) is 0 Å². The first-order valence-electron chi connectivity index (χ1n) is 2.33. The van der Waals surface area contributed by atoms with Crippen molar-refractivity contribution in [3.05, 3.63) is 0 Å². The Labute approximate surface area is 118 Å². The van der Waals surface area contributed by atoms with Crippen LogP contribution in [0.3, 0.4) is 0 Å². The van der Waals surface area contributed by atoms with Crippen molar-refractivity contribution in [2.24, 2.45) is 0 Å². The molecule has 0 heterocycles. The minimum absolute atomic E-state index is 1.06. The predicted molar refractivity (Wildman–Crippen MR) is 29.6 cm³/mol. The fraction of sp³-hybridized carbons (Fsp3) is 0. The molecule has 106 valence electrons. The fourth-order valence-electron chi connectivity index (χ4n) is 0. The molecule has 0 atom stereocenters. The molecule has 0 fully saturated rings. The van der Waals surface area contributed by atoms with E-state index in [1.54, 1.807) is 0 Å². The van der Waals surface area contributed by atoms with Crippen LogP contribution in [0, 0.1) is 0 Å². The van der Waals surface area contributed by atoms with Gasteiger partial charge in [0.1, 0.15) is 0 Å². The van der Waals surface area contributed by atoms with Gasteiger partial charge in [-0.3, -0.25) is 9.13 Å². The predicted octanol–water partition coefficient (Wildman–Crippen LogP) is -4.14. The van der Waals surface area contributed by atoms with Gasteiger partial charge in [-0.05, 0) is 0 Å². The van der Waals surface area contributed by atoms with Crippen molar-refractivity contribution in [1.82, 2.24) is 0 Å². The Hall–Kier alpha value is 1.28. The molecule has 0 radical (unpaired) electrons. The van der Waals surface area contributed by atoms with Crippen molar-refractivity contribution < 1.29 is 102 Å². The molecule has 0 saturated heterocycles. The summed E-state index contributed by atoms with van der Waals surface area (Å²) in [6.45, 7) is 0. The van der Waals surface area contributed by atoms with E-state index in [9.17, 15) is 0 Å². The molecular weight excluding hydrogens is 540 g/mol. The molecule has 0 aromatic heterocycles. The molecule has 17 heteroatoms. The van der Waals surface area contributed by atoms with E-state index < -0.39 is 33.3 Å². The molecule has 0 aliphatic carbocycles. The van der Waals surface area contributed by atoms with E-state index in [4.69, 9.17) is 50.4 Å². The van der Waals surface area contributed by atoms with Crippen LogP contribution in [0.4, 0.5) is 0 Å². The standard InChI is InChI=1S/2H3O3P.6O.2V.W/c2*1-4(2)3;;;;;;;;;/h2*4H,(H2,1,2,3);;;;;;;;;/q;;;;;;2*-1;;;. The van der Waals surface area contributed by atoms with Crippen molar-refractivity contribution in [1.29, 1.82) is 0 Å². The van der Waals surface area contributed by atoms with Crippen molar-refractivity contribution in [3.8, 4) is 0 Å². The topological polar surface area (TPSA) is 229 Å². The van der Waals surface area contributed by atoms with Gasteiger partial charge in [0, 0.05) is 0 Å². The third-order valence-corrected chi connectivity index (χ3v) is 0. The van der Waals surface area contributed by atoms with Gasteiger partial charge in [-0.15, -0.1) is 0 Å². The Bertz CT molecular complexity index is 240. The monoisotopic (exact) mass is 546 g/mol. The van der Waals surface area contributed by atoms with E-state index in [0.29, 0.717) is 0 Å². The Morgan fingerprint density at radius 3 is 0.765 bits per heavy atom. The first-order chi connectivity index (χ1) is 7.46. The summed E-state index contributed by atoms with van der Waals surface area (Å²) in [4.78, 5) is 28.6. The van der Waals surface area contributed by atoms with Crippen LogP contribution in [0.1, 0.15) is 0 Å². The average molecular weight is 546 g/mol. The molecule has 0 unspecified atom stereocenters. The van der Waals surface area contributed by atoms with Crippen LogP contribution in [0.2, 0.25) is 0 Å². The van der Waals surface area contributed by atoms with Gasteiger partial charge in [-0.1, -0.05) is 0 Å². The maximum absolute atomic E-state index is 8.74. The van der Waals surface area contributed by atoms with Crippen LogP contribution in [-0.4, -0.2) is 19.6 Å². The molecule has 0 saturated carbocycles. The molecule has 0 spiro atoms. The average Bonchev–Trinajstić information content (AvgIpc) is 2.05. The first-order valence-corrected chi connectivity index (χ1v) is 10.9. The number of hydrogen-bond donors (Lipinski definition) is 4. The molecule has 17 heavy (non-hydrogen) atoms. The van der Waals surface area contributed by atoms with E-state index in [0.717, 1.165) is 34.7 Å². The maximum atomic E-state index is 8.74. The molecule has 12 nitrogen and oxygen atoms in total. The summed E-state index contributed by atoms with van der Waals surface area (Å²) < 4.78 is 68.4. The van der Waals surface area contributed by atoms with Gasteiger partial charge in [0.05, 0.1) is 0 Å². The van der Waals surface area contributed by atoms with Crippen LogP contribution < -0.4 is 7.52 Å². The fourth-order valence-corrected chi connectivity index (χ4v) is 0. The van der Waals surface area contributed by atoms with Gasteiger partial charge in [0.15, 0.2) is 0 Å². The number of rotatable bonds is 0. The molecule has 0 rings (SSSR count). The SMILES string of the molecule is O=[PH](O)O.O=[PH](O)O.[O]=[V].[O]=[V].[O]=[W](=[O])([O-])[O-]. The zero-order chi connectivity index (χ0) is 15.7. The molecule has 0 aliphatic heterocycles. The Morgan fingerprint density at radius 1 is 0.765 bits per heavy atom. The van der Waals surface area contributed by atoms with Gasteiger partial charge < -0.3 is 19.6 Å². The quantitative estimate of drug-likeness (QED) is 0.213. The summed E-state index contributed by atoms with van der Waals surface area (Å²) >= 11 is -4.04. The Morgan fingerprint density at radius 2 is 0.765 bits per heavy atom. The van der Waals surface area contributed by atoms with Gasteiger partial charge >= 0.3 is 89.7 Å². The van der Waals surface area contributed by atoms with Gasteiger partial charge in [-0.25, -0.2) is 0 Å². The van der Waals surface area contributed by atoms with E-state index in [1.165, 1.54) is 0 Å². The van der Waals surface area contributed by atoms with Crippen molar-refractivity contribution in [3.63, 3.8) is 0 Å². The molecule has 4 N–H and O–H groups in total. The van der Waals surface area contributed by atoms with Gasteiger partial charge in [-0.2, -0.15) is 0 Å². The second-order valence-corrected chi connectivity index (χ2v) is 5.04. The van der Waals surface area contributed by atoms with Crippen LogP contribution in [-0.2, 0) is 74.8 Å². The summed E-state index contributed by atoms with van der Waals surface area (Å²) in [6.07, 6.45) is 0. The van der Waals surface area contributed by atoms with Crippen LogP contribution in [0.15, 0.2) is 0 Å². The molecule has 0 amide bonds. The van der Waals surface area contributed by atoms with Gasteiger partial charge in [0.2, 0.25) is 0 Å². The Kier molecular flexibility index (Phi) is 47.3. The summed E-state index contributed by atoms with van der Waals surface area (Å²) in [5.74, 6) is 0.